The topological polar surface area (TPSA) is 59.1 Å². The Morgan fingerprint density at radius 3 is 2.69 bits per heavy atom. The van der Waals surface area contributed by atoms with Gasteiger partial charge in [0.25, 0.3) is 10.0 Å². The van der Waals surface area contributed by atoms with E-state index in [0.717, 1.165) is 17.8 Å². The van der Waals surface area contributed by atoms with Crippen LogP contribution in [0.5, 0.6) is 0 Å². The molecule has 0 saturated heterocycles. The lowest BCUT2D eigenvalue weighted by Gasteiger charge is -2.03. The molecule has 1 N–H and O–H groups in total. The molecule has 1 aliphatic carbocycles. The third-order valence-corrected chi connectivity index (χ3v) is 6.08. The lowest BCUT2D eigenvalue weighted by molar-refractivity contribution is 0.576. The maximum atomic E-state index is 11.9. The molecular formula is C9H13ClN2O2S2. The number of aromatic nitrogens is 1. The molecule has 1 aromatic rings. The number of aryl methyl sites for hydroxylation is 1. The maximum absolute atomic E-state index is 11.9. The average Bonchev–Trinajstić information content (AvgIpc) is 2.76. The van der Waals surface area contributed by atoms with Gasteiger partial charge in [-0.05, 0) is 25.2 Å². The molecule has 1 aromatic heterocycles. The summed E-state index contributed by atoms with van der Waals surface area (Å²) >= 11 is 6.68. The van der Waals surface area contributed by atoms with Gasteiger partial charge in [-0.1, -0.05) is 29.9 Å². The van der Waals surface area contributed by atoms with Crippen LogP contribution in [0.25, 0.3) is 0 Å². The van der Waals surface area contributed by atoms with E-state index in [2.05, 4.69) is 16.6 Å². The summed E-state index contributed by atoms with van der Waals surface area (Å²) in [6, 6.07) is 0. The highest BCUT2D eigenvalue weighted by Gasteiger charge is 2.34. The van der Waals surface area contributed by atoms with E-state index in [9.17, 15) is 8.42 Å². The zero-order chi connectivity index (χ0) is 11.9. The molecule has 1 fully saturated rings. The largest absolute Gasteiger partial charge is 0.251 e. The van der Waals surface area contributed by atoms with Gasteiger partial charge < -0.3 is 0 Å². The van der Waals surface area contributed by atoms with Crippen molar-refractivity contribution in [2.75, 3.05) is 6.54 Å². The van der Waals surface area contributed by atoms with Crippen molar-refractivity contribution in [2.45, 2.75) is 24.5 Å². The number of thiazole rings is 1. The SMILES string of the molecule is Cc1nc(Cl)sc1S(=O)(=O)NCC1CC1C. The van der Waals surface area contributed by atoms with Crippen LogP contribution in [-0.2, 0) is 10.0 Å². The second-order valence-corrected chi connectivity index (χ2v) is 7.71. The fraction of sp³-hybridized carbons (Fsp3) is 0.667. The quantitative estimate of drug-likeness (QED) is 0.918. The summed E-state index contributed by atoms with van der Waals surface area (Å²) in [4.78, 5) is 3.90. The minimum absolute atomic E-state index is 0.228. The molecule has 16 heavy (non-hydrogen) atoms. The van der Waals surface area contributed by atoms with E-state index in [0.29, 0.717) is 24.1 Å². The van der Waals surface area contributed by atoms with E-state index < -0.39 is 10.0 Å². The first-order chi connectivity index (χ1) is 7.40. The molecule has 0 amide bonds. The zero-order valence-corrected chi connectivity index (χ0v) is 11.4. The van der Waals surface area contributed by atoms with Gasteiger partial charge in [0.15, 0.2) is 8.68 Å². The first kappa shape index (κ1) is 12.3. The van der Waals surface area contributed by atoms with Crippen LogP contribution in [0.15, 0.2) is 4.21 Å². The summed E-state index contributed by atoms with van der Waals surface area (Å²) in [7, 11) is -3.43. The summed E-state index contributed by atoms with van der Waals surface area (Å²) in [6.45, 7) is 4.28. The highest BCUT2D eigenvalue weighted by atomic mass is 35.5. The summed E-state index contributed by atoms with van der Waals surface area (Å²) in [5, 5.41) is 0. The van der Waals surface area contributed by atoms with Crippen LogP contribution >= 0.6 is 22.9 Å². The van der Waals surface area contributed by atoms with Gasteiger partial charge >= 0.3 is 0 Å². The Bertz CT molecular complexity index is 498. The lowest BCUT2D eigenvalue weighted by Crippen LogP contribution is -2.26. The predicted octanol–water partition coefficient (Wildman–Crippen LogP) is 2.04. The number of rotatable bonds is 4. The van der Waals surface area contributed by atoms with Crippen LogP contribution in [0, 0.1) is 18.8 Å². The van der Waals surface area contributed by atoms with Gasteiger partial charge in [0.2, 0.25) is 0 Å². The zero-order valence-electron chi connectivity index (χ0n) is 9.03. The summed E-state index contributed by atoms with van der Waals surface area (Å²) in [5.74, 6) is 1.12. The van der Waals surface area contributed by atoms with Crippen LogP contribution in [0.3, 0.4) is 0 Å². The van der Waals surface area contributed by atoms with Gasteiger partial charge in [-0.25, -0.2) is 18.1 Å². The molecule has 0 radical (unpaired) electrons. The molecule has 7 heteroatoms. The van der Waals surface area contributed by atoms with Crippen molar-refractivity contribution in [3.63, 3.8) is 0 Å². The predicted molar refractivity (Wildman–Crippen MR) is 64.3 cm³/mol. The van der Waals surface area contributed by atoms with Crippen molar-refractivity contribution in [2.24, 2.45) is 11.8 Å². The van der Waals surface area contributed by atoms with Crippen molar-refractivity contribution in [3.05, 3.63) is 10.2 Å². The van der Waals surface area contributed by atoms with E-state index in [-0.39, 0.29) is 8.68 Å². The lowest BCUT2D eigenvalue weighted by atomic mass is 10.3. The van der Waals surface area contributed by atoms with Gasteiger partial charge in [-0.15, -0.1) is 0 Å². The van der Waals surface area contributed by atoms with Crippen molar-refractivity contribution < 1.29 is 8.42 Å². The standard InChI is InChI=1S/C9H13ClN2O2S2/c1-5-3-7(5)4-11-16(13,14)8-6(2)12-9(10)15-8/h5,7,11H,3-4H2,1-2H3. The van der Waals surface area contributed by atoms with E-state index in [1.807, 2.05) is 0 Å². The van der Waals surface area contributed by atoms with E-state index >= 15 is 0 Å². The fourth-order valence-corrected chi connectivity index (χ4v) is 4.44. The first-order valence-electron chi connectivity index (χ1n) is 5.03. The van der Waals surface area contributed by atoms with Gasteiger partial charge in [-0.2, -0.15) is 0 Å². The normalized spacial score (nSPS) is 24.7. The summed E-state index contributed by atoms with van der Waals surface area (Å²) < 4.78 is 26.9. The van der Waals surface area contributed by atoms with Crippen LogP contribution in [0.4, 0.5) is 0 Å². The highest BCUT2D eigenvalue weighted by molar-refractivity contribution is 7.91. The minimum Gasteiger partial charge on any atom is -0.229 e. The van der Waals surface area contributed by atoms with Crippen LogP contribution in [-0.4, -0.2) is 19.9 Å². The van der Waals surface area contributed by atoms with Gasteiger partial charge in [0.1, 0.15) is 0 Å². The van der Waals surface area contributed by atoms with Crippen LogP contribution in [0.2, 0.25) is 4.47 Å². The summed E-state index contributed by atoms with van der Waals surface area (Å²) in [5.41, 5.74) is 0.464. The number of nitrogens with one attached hydrogen (secondary N) is 1. The fourth-order valence-electron chi connectivity index (χ4n) is 1.57. The first-order valence-corrected chi connectivity index (χ1v) is 7.70. The molecule has 1 aliphatic rings. The molecular weight excluding hydrogens is 268 g/mol. The Balaban J connectivity index is 2.09. The molecule has 90 valence electrons. The number of sulfonamides is 1. The van der Waals surface area contributed by atoms with Gasteiger partial charge in [0.05, 0.1) is 5.69 Å². The molecule has 2 atom stereocenters. The molecule has 4 nitrogen and oxygen atoms in total. The van der Waals surface area contributed by atoms with Gasteiger partial charge in [0, 0.05) is 6.54 Å². The van der Waals surface area contributed by atoms with E-state index in [1.165, 1.54) is 0 Å². The monoisotopic (exact) mass is 280 g/mol. The van der Waals surface area contributed by atoms with Crippen molar-refractivity contribution in [3.8, 4) is 0 Å². The summed E-state index contributed by atoms with van der Waals surface area (Å²) in [6.07, 6.45) is 1.10. The van der Waals surface area contributed by atoms with Crippen molar-refractivity contribution in [1.29, 1.82) is 0 Å². The van der Waals surface area contributed by atoms with Crippen LogP contribution in [0.1, 0.15) is 19.0 Å². The Morgan fingerprint density at radius 1 is 1.62 bits per heavy atom. The highest BCUT2D eigenvalue weighted by Crippen LogP contribution is 2.37. The van der Waals surface area contributed by atoms with Crippen molar-refractivity contribution in [1.82, 2.24) is 9.71 Å². The smallest absolute Gasteiger partial charge is 0.229 e. The van der Waals surface area contributed by atoms with Gasteiger partial charge in [-0.3, -0.25) is 0 Å². The third-order valence-electron chi connectivity index (χ3n) is 2.78. The second kappa shape index (κ2) is 4.25. The Morgan fingerprint density at radius 2 is 2.25 bits per heavy atom. The number of hydrogen-bond donors (Lipinski definition) is 1. The number of nitrogens with zero attached hydrogens (tertiary/aromatic N) is 1. The number of hydrogen-bond acceptors (Lipinski definition) is 4. The third kappa shape index (κ3) is 2.56. The Hall–Kier alpha value is -0.170. The Kier molecular flexibility index (Phi) is 3.27. The Labute approximate surface area is 104 Å². The molecule has 1 heterocycles. The molecule has 2 rings (SSSR count). The minimum atomic E-state index is -3.43. The molecule has 0 spiro atoms. The molecule has 0 bridgehead atoms. The second-order valence-electron chi connectivity index (χ2n) is 4.16. The van der Waals surface area contributed by atoms with E-state index in [4.69, 9.17) is 11.6 Å². The molecule has 2 unspecified atom stereocenters. The maximum Gasteiger partial charge on any atom is 0.251 e. The van der Waals surface area contributed by atoms with E-state index in [1.54, 1.807) is 6.92 Å². The number of halogens is 1. The van der Waals surface area contributed by atoms with Crippen molar-refractivity contribution >= 4 is 33.0 Å². The van der Waals surface area contributed by atoms with Crippen LogP contribution < -0.4 is 4.72 Å². The molecule has 0 aromatic carbocycles. The average molecular weight is 281 g/mol. The molecule has 1 saturated carbocycles. The molecule has 0 aliphatic heterocycles.